The van der Waals surface area contributed by atoms with Crippen molar-refractivity contribution in [2.45, 2.75) is 65.1 Å². The van der Waals surface area contributed by atoms with Crippen LogP contribution in [0.3, 0.4) is 0 Å². The number of rotatable bonds is 8. The fourth-order valence-electron chi connectivity index (χ4n) is 4.05. The molecule has 174 valence electrons. The van der Waals surface area contributed by atoms with Gasteiger partial charge in [0.15, 0.2) is 0 Å². The molecule has 0 unspecified atom stereocenters. The van der Waals surface area contributed by atoms with Gasteiger partial charge >= 0.3 is 0 Å². The Morgan fingerprint density at radius 2 is 1.64 bits per heavy atom. The Hall–Kier alpha value is -2.85. The highest BCUT2D eigenvalue weighted by molar-refractivity contribution is 6.30. The predicted octanol–water partition coefficient (Wildman–Crippen LogP) is 6.15. The van der Waals surface area contributed by atoms with E-state index >= 15 is 0 Å². The molecule has 0 spiro atoms. The molecule has 0 saturated carbocycles. The van der Waals surface area contributed by atoms with E-state index in [9.17, 15) is 9.59 Å². The Labute approximate surface area is 201 Å². The van der Waals surface area contributed by atoms with Gasteiger partial charge in [0.05, 0.1) is 0 Å². The molecule has 2 amide bonds. The first-order chi connectivity index (χ1) is 15.7. The minimum Gasteiger partial charge on any atom is -0.350 e. The maximum absolute atomic E-state index is 13.5. The molecule has 3 aromatic carbocycles. The fourth-order valence-corrected chi connectivity index (χ4v) is 4.18. The summed E-state index contributed by atoms with van der Waals surface area (Å²) in [5.41, 5.74) is 1.71. The van der Waals surface area contributed by atoms with Crippen molar-refractivity contribution in [2.24, 2.45) is 0 Å². The lowest BCUT2D eigenvalue weighted by Gasteiger charge is -2.33. The summed E-state index contributed by atoms with van der Waals surface area (Å²) in [4.78, 5) is 28.3. The van der Waals surface area contributed by atoms with Crippen LogP contribution in [0, 0.1) is 0 Å². The molecule has 0 radical (unpaired) electrons. The molecule has 0 aromatic heterocycles. The van der Waals surface area contributed by atoms with Gasteiger partial charge in [-0.3, -0.25) is 9.59 Å². The van der Waals surface area contributed by atoms with Crippen molar-refractivity contribution in [1.82, 2.24) is 10.2 Å². The van der Waals surface area contributed by atoms with Gasteiger partial charge in [0, 0.05) is 23.5 Å². The molecule has 0 saturated heterocycles. The number of benzene rings is 3. The van der Waals surface area contributed by atoms with E-state index in [1.54, 1.807) is 4.90 Å². The van der Waals surface area contributed by atoms with Crippen LogP contribution in [0.1, 0.15) is 51.7 Å². The van der Waals surface area contributed by atoms with E-state index in [4.69, 9.17) is 11.6 Å². The first kappa shape index (κ1) is 24.8. The number of amides is 2. The van der Waals surface area contributed by atoms with Crippen LogP contribution in [0.4, 0.5) is 0 Å². The number of nitrogens with zero attached hydrogens (tertiary/aromatic N) is 1. The van der Waals surface area contributed by atoms with Gasteiger partial charge in [-0.2, -0.15) is 0 Å². The topological polar surface area (TPSA) is 49.4 Å². The number of halogens is 1. The minimum absolute atomic E-state index is 0.0335. The average Bonchev–Trinajstić information content (AvgIpc) is 2.77. The average molecular weight is 465 g/mol. The molecule has 1 N–H and O–H groups in total. The van der Waals surface area contributed by atoms with E-state index in [0.29, 0.717) is 30.8 Å². The molecule has 3 aromatic rings. The number of hydrogen-bond acceptors (Lipinski definition) is 2. The lowest BCUT2D eigenvalue weighted by atomic mass is 10.00. The normalized spacial score (nSPS) is 12.4. The molecule has 1 atom stereocenters. The molecule has 0 aliphatic heterocycles. The van der Waals surface area contributed by atoms with Crippen LogP contribution in [-0.2, 0) is 22.6 Å². The molecule has 0 bridgehead atoms. The van der Waals surface area contributed by atoms with Crippen molar-refractivity contribution >= 4 is 34.2 Å². The Morgan fingerprint density at radius 1 is 0.970 bits per heavy atom. The quantitative estimate of drug-likeness (QED) is 0.434. The van der Waals surface area contributed by atoms with Crippen molar-refractivity contribution in [3.8, 4) is 0 Å². The van der Waals surface area contributed by atoms with Crippen LogP contribution in [0.15, 0.2) is 66.7 Å². The molecular formula is C28H33ClN2O2. The molecular weight excluding hydrogens is 432 g/mol. The van der Waals surface area contributed by atoms with Gasteiger partial charge < -0.3 is 10.2 Å². The summed E-state index contributed by atoms with van der Waals surface area (Å²) in [5, 5.41) is 6.01. The Kier molecular flexibility index (Phi) is 8.15. The zero-order valence-corrected chi connectivity index (χ0v) is 20.7. The zero-order valence-electron chi connectivity index (χ0n) is 19.9. The van der Waals surface area contributed by atoms with E-state index in [2.05, 4.69) is 29.6 Å². The Balaban J connectivity index is 1.84. The van der Waals surface area contributed by atoms with Gasteiger partial charge in [-0.15, -0.1) is 0 Å². The highest BCUT2D eigenvalue weighted by Crippen LogP contribution is 2.22. The molecule has 5 heteroatoms. The van der Waals surface area contributed by atoms with Crippen LogP contribution in [0.2, 0.25) is 5.02 Å². The van der Waals surface area contributed by atoms with Crippen LogP contribution in [-0.4, -0.2) is 28.3 Å². The summed E-state index contributed by atoms with van der Waals surface area (Å²) in [6, 6.07) is 21.3. The molecule has 0 aliphatic rings. The van der Waals surface area contributed by atoms with Crippen molar-refractivity contribution in [3.05, 3.63) is 82.9 Å². The zero-order chi connectivity index (χ0) is 24.0. The summed E-state index contributed by atoms with van der Waals surface area (Å²) in [5.74, 6) is -0.161. The summed E-state index contributed by atoms with van der Waals surface area (Å²) >= 11 is 6.04. The van der Waals surface area contributed by atoms with Gasteiger partial charge in [-0.05, 0) is 67.6 Å². The Bertz CT molecular complexity index is 1100. The second-order valence-corrected chi connectivity index (χ2v) is 9.89. The molecule has 3 rings (SSSR count). The maximum Gasteiger partial charge on any atom is 0.243 e. The largest absolute Gasteiger partial charge is 0.350 e. The Morgan fingerprint density at radius 3 is 2.30 bits per heavy atom. The molecule has 0 heterocycles. The summed E-state index contributed by atoms with van der Waals surface area (Å²) < 4.78 is 0. The highest BCUT2D eigenvalue weighted by atomic mass is 35.5. The number of nitrogens with one attached hydrogen (secondary N) is 1. The van der Waals surface area contributed by atoms with Crippen LogP contribution < -0.4 is 5.32 Å². The first-order valence-electron chi connectivity index (χ1n) is 11.5. The SMILES string of the molecule is CC[C@H](C(=O)NC(C)(C)C)N(Cc1ccc(Cl)cc1)C(=O)CCc1cccc2ccccc12. The predicted molar refractivity (Wildman–Crippen MR) is 136 cm³/mol. The van der Waals surface area contributed by atoms with Crippen molar-refractivity contribution in [3.63, 3.8) is 0 Å². The summed E-state index contributed by atoms with van der Waals surface area (Å²) in [6.45, 7) is 8.15. The van der Waals surface area contributed by atoms with Crippen LogP contribution in [0.25, 0.3) is 10.8 Å². The van der Waals surface area contributed by atoms with Gasteiger partial charge in [0.25, 0.3) is 0 Å². The standard InChI is InChI=1S/C28H33ClN2O2/c1-5-25(27(33)30-28(2,3)4)31(19-20-13-16-23(29)17-14-20)26(32)18-15-22-11-8-10-21-9-6-7-12-24(21)22/h6-14,16-17,25H,5,15,18-19H2,1-4H3,(H,30,33)/t25-/m1/s1. The van der Waals surface area contributed by atoms with Gasteiger partial charge in [-0.25, -0.2) is 0 Å². The first-order valence-corrected chi connectivity index (χ1v) is 11.9. The number of carbonyl (C=O) groups excluding carboxylic acids is 2. The second kappa shape index (κ2) is 10.8. The monoisotopic (exact) mass is 464 g/mol. The lowest BCUT2D eigenvalue weighted by Crippen LogP contribution is -2.53. The van der Waals surface area contributed by atoms with E-state index < -0.39 is 6.04 Å². The summed E-state index contributed by atoms with van der Waals surface area (Å²) in [7, 11) is 0. The van der Waals surface area contributed by atoms with E-state index in [-0.39, 0.29) is 17.4 Å². The van der Waals surface area contributed by atoms with Gasteiger partial charge in [-0.1, -0.05) is 73.1 Å². The minimum atomic E-state index is -0.542. The number of aryl methyl sites for hydroxylation is 1. The van der Waals surface area contributed by atoms with E-state index in [1.807, 2.05) is 70.2 Å². The molecule has 33 heavy (non-hydrogen) atoms. The van der Waals surface area contributed by atoms with E-state index in [1.165, 1.54) is 0 Å². The van der Waals surface area contributed by atoms with Crippen LogP contribution >= 0.6 is 11.6 Å². The van der Waals surface area contributed by atoms with E-state index in [0.717, 1.165) is 21.9 Å². The summed E-state index contributed by atoms with van der Waals surface area (Å²) in [6.07, 6.45) is 1.49. The molecule has 0 aliphatic carbocycles. The highest BCUT2D eigenvalue weighted by Gasteiger charge is 2.30. The smallest absolute Gasteiger partial charge is 0.243 e. The van der Waals surface area contributed by atoms with Crippen molar-refractivity contribution in [1.29, 1.82) is 0 Å². The van der Waals surface area contributed by atoms with Gasteiger partial charge in [0.1, 0.15) is 6.04 Å². The third-order valence-electron chi connectivity index (χ3n) is 5.64. The van der Waals surface area contributed by atoms with Crippen LogP contribution in [0.5, 0.6) is 0 Å². The van der Waals surface area contributed by atoms with Gasteiger partial charge in [0.2, 0.25) is 11.8 Å². The fraction of sp³-hybridized carbons (Fsp3) is 0.357. The van der Waals surface area contributed by atoms with Crippen molar-refractivity contribution in [2.75, 3.05) is 0 Å². The molecule has 4 nitrogen and oxygen atoms in total. The number of carbonyl (C=O) groups is 2. The maximum atomic E-state index is 13.5. The number of fused-ring (bicyclic) bond motifs is 1. The third kappa shape index (κ3) is 6.82. The second-order valence-electron chi connectivity index (χ2n) is 9.45. The molecule has 0 fully saturated rings. The lowest BCUT2D eigenvalue weighted by molar-refractivity contribution is -0.142. The van der Waals surface area contributed by atoms with Crippen molar-refractivity contribution < 1.29 is 9.59 Å². The third-order valence-corrected chi connectivity index (χ3v) is 5.89. The number of hydrogen-bond donors (Lipinski definition) is 1.